The zero-order valence-corrected chi connectivity index (χ0v) is 9.90. The molecule has 0 bridgehead atoms. The molecule has 0 atom stereocenters. The summed E-state index contributed by atoms with van der Waals surface area (Å²) in [5.41, 5.74) is 0. The standard InChI is InChI=1S/C10H15NO4S/c1-11(6-8-2-3-8)16(13,14)10-5-4-9(7-12)15-10/h4-5,8,12H,2-3,6-7H2,1H3. The van der Waals surface area contributed by atoms with E-state index in [9.17, 15) is 8.42 Å². The number of aliphatic hydroxyl groups excluding tert-OH is 1. The molecule has 0 aromatic carbocycles. The fourth-order valence-electron chi connectivity index (χ4n) is 1.50. The van der Waals surface area contributed by atoms with Gasteiger partial charge in [0.2, 0.25) is 5.09 Å². The van der Waals surface area contributed by atoms with E-state index >= 15 is 0 Å². The van der Waals surface area contributed by atoms with E-state index in [1.54, 1.807) is 7.05 Å². The van der Waals surface area contributed by atoms with Crippen LogP contribution in [0.25, 0.3) is 0 Å². The van der Waals surface area contributed by atoms with Crippen molar-refractivity contribution in [3.63, 3.8) is 0 Å². The van der Waals surface area contributed by atoms with Crippen molar-refractivity contribution in [1.82, 2.24) is 4.31 Å². The first-order valence-corrected chi connectivity index (χ1v) is 6.64. The molecular formula is C10H15NO4S. The topological polar surface area (TPSA) is 70.8 Å². The lowest BCUT2D eigenvalue weighted by Gasteiger charge is -2.14. The molecule has 0 amide bonds. The Labute approximate surface area is 94.7 Å². The van der Waals surface area contributed by atoms with Gasteiger partial charge in [0.05, 0.1) is 0 Å². The SMILES string of the molecule is CN(CC1CC1)S(=O)(=O)c1ccc(CO)o1. The molecule has 1 N–H and O–H groups in total. The molecule has 1 aromatic rings. The van der Waals surface area contributed by atoms with E-state index in [-0.39, 0.29) is 17.5 Å². The van der Waals surface area contributed by atoms with Gasteiger partial charge in [-0.05, 0) is 30.9 Å². The van der Waals surface area contributed by atoms with Crippen LogP contribution in [0.2, 0.25) is 0 Å². The maximum absolute atomic E-state index is 12.0. The van der Waals surface area contributed by atoms with Crippen LogP contribution in [0.3, 0.4) is 0 Å². The van der Waals surface area contributed by atoms with Gasteiger partial charge in [-0.15, -0.1) is 0 Å². The van der Waals surface area contributed by atoms with Crippen molar-refractivity contribution < 1.29 is 17.9 Å². The Balaban J connectivity index is 2.16. The summed E-state index contributed by atoms with van der Waals surface area (Å²) in [7, 11) is -1.98. The zero-order valence-electron chi connectivity index (χ0n) is 9.09. The van der Waals surface area contributed by atoms with Gasteiger partial charge in [-0.2, -0.15) is 4.31 Å². The quantitative estimate of drug-likeness (QED) is 0.833. The highest BCUT2D eigenvalue weighted by Gasteiger charge is 2.30. The maximum Gasteiger partial charge on any atom is 0.276 e. The molecule has 16 heavy (non-hydrogen) atoms. The van der Waals surface area contributed by atoms with Gasteiger partial charge >= 0.3 is 0 Å². The second kappa shape index (κ2) is 4.20. The van der Waals surface area contributed by atoms with E-state index in [0.29, 0.717) is 12.5 Å². The molecule has 1 aliphatic rings. The van der Waals surface area contributed by atoms with Crippen LogP contribution in [0.5, 0.6) is 0 Å². The Kier molecular flexibility index (Phi) is 3.05. The summed E-state index contributed by atoms with van der Waals surface area (Å²) in [5.74, 6) is 0.755. The lowest BCUT2D eigenvalue weighted by molar-refractivity contribution is 0.235. The number of hydrogen-bond donors (Lipinski definition) is 1. The van der Waals surface area contributed by atoms with Crippen LogP contribution >= 0.6 is 0 Å². The molecule has 1 aromatic heterocycles. The van der Waals surface area contributed by atoms with Crippen LogP contribution in [0, 0.1) is 5.92 Å². The van der Waals surface area contributed by atoms with Crippen molar-refractivity contribution in [2.24, 2.45) is 5.92 Å². The summed E-state index contributed by atoms with van der Waals surface area (Å²) in [5, 5.41) is 8.71. The number of furan rings is 1. The summed E-state index contributed by atoms with van der Waals surface area (Å²) in [6, 6.07) is 2.85. The third kappa shape index (κ3) is 2.28. The van der Waals surface area contributed by atoms with Gasteiger partial charge in [0, 0.05) is 13.6 Å². The Morgan fingerprint density at radius 1 is 1.50 bits per heavy atom. The maximum atomic E-state index is 12.0. The summed E-state index contributed by atoms with van der Waals surface area (Å²) in [4.78, 5) is 0. The highest BCUT2D eigenvalue weighted by Crippen LogP contribution is 2.31. The molecule has 1 fully saturated rings. The lowest BCUT2D eigenvalue weighted by Crippen LogP contribution is -2.28. The average molecular weight is 245 g/mol. The Morgan fingerprint density at radius 3 is 2.69 bits per heavy atom. The molecule has 1 aliphatic carbocycles. The minimum atomic E-state index is -3.53. The second-order valence-electron chi connectivity index (χ2n) is 4.11. The van der Waals surface area contributed by atoms with Gasteiger partial charge in [-0.25, -0.2) is 8.42 Å². The van der Waals surface area contributed by atoms with Gasteiger partial charge in [0.15, 0.2) is 0 Å². The number of nitrogens with zero attached hydrogens (tertiary/aromatic N) is 1. The smallest absolute Gasteiger partial charge is 0.276 e. The van der Waals surface area contributed by atoms with E-state index < -0.39 is 10.0 Å². The molecule has 1 saturated carbocycles. The zero-order chi connectivity index (χ0) is 11.8. The minimum Gasteiger partial charge on any atom is -0.446 e. The molecule has 0 saturated heterocycles. The second-order valence-corrected chi connectivity index (χ2v) is 6.08. The highest BCUT2D eigenvalue weighted by atomic mass is 32.2. The van der Waals surface area contributed by atoms with Crippen LogP contribution in [0.1, 0.15) is 18.6 Å². The van der Waals surface area contributed by atoms with Gasteiger partial charge in [-0.3, -0.25) is 0 Å². The predicted octanol–water partition coefficient (Wildman–Crippen LogP) is 0.802. The largest absolute Gasteiger partial charge is 0.446 e. The molecule has 2 rings (SSSR count). The lowest BCUT2D eigenvalue weighted by atomic mass is 10.4. The Bertz CT molecular complexity index is 461. The summed E-state index contributed by atoms with van der Waals surface area (Å²) in [6.45, 7) is 0.249. The highest BCUT2D eigenvalue weighted by molar-refractivity contribution is 7.89. The first kappa shape index (κ1) is 11.6. The van der Waals surface area contributed by atoms with Gasteiger partial charge in [0.25, 0.3) is 10.0 Å². The van der Waals surface area contributed by atoms with Crippen LogP contribution < -0.4 is 0 Å². The van der Waals surface area contributed by atoms with Gasteiger partial charge in [0.1, 0.15) is 12.4 Å². The van der Waals surface area contributed by atoms with Crippen molar-refractivity contribution in [2.45, 2.75) is 24.5 Å². The van der Waals surface area contributed by atoms with Crippen LogP contribution in [-0.4, -0.2) is 31.4 Å². The van der Waals surface area contributed by atoms with E-state index in [1.165, 1.54) is 16.4 Å². The third-order valence-electron chi connectivity index (χ3n) is 2.67. The van der Waals surface area contributed by atoms with Crippen molar-refractivity contribution in [1.29, 1.82) is 0 Å². The summed E-state index contributed by atoms with van der Waals surface area (Å²) in [6.07, 6.45) is 2.19. The summed E-state index contributed by atoms with van der Waals surface area (Å²) < 4.78 is 30.3. The predicted molar refractivity (Wildman–Crippen MR) is 57.2 cm³/mol. The number of aliphatic hydroxyl groups is 1. The number of sulfonamides is 1. The van der Waals surface area contributed by atoms with Gasteiger partial charge in [-0.1, -0.05) is 0 Å². The summed E-state index contributed by atoms with van der Waals surface area (Å²) >= 11 is 0. The van der Waals surface area contributed by atoms with Crippen LogP contribution in [-0.2, 0) is 16.6 Å². The van der Waals surface area contributed by atoms with E-state index in [1.807, 2.05) is 0 Å². The molecule has 1 heterocycles. The van der Waals surface area contributed by atoms with Crippen molar-refractivity contribution in [3.05, 3.63) is 17.9 Å². The molecule has 5 nitrogen and oxygen atoms in total. The molecule has 90 valence electrons. The molecule has 6 heteroatoms. The number of rotatable bonds is 5. The molecule has 0 spiro atoms. The molecule has 0 radical (unpaired) electrons. The normalized spacial score (nSPS) is 16.9. The van der Waals surface area contributed by atoms with Crippen molar-refractivity contribution >= 4 is 10.0 Å². The van der Waals surface area contributed by atoms with Crippen molar-refractivity contribution in [3.8, 4) is 0 Å². The fraction of sp³-hybridized carbons (Fsp3) is 0.600. The van der Waals surface area contributed by atoms with Crippen LogP contribution in [0.4, 0.5) is 0 Å². The Morgan fingerprint density at radius 2 is 2.19 bits per heavy atom. The average Bonchev–Trinajstić information content (AvgIpc) is 2.93. The Hall–Kier alpha value is -0.850. The van der Waals surface area contributed by atoms with Crippen molar-refractivity contribution in [2.75, 3.05) is 13.6 Å². The number of hydrogen-bond acceptors (Lipinski definition) is 4. The van der Waals surface area contributed by atoms with E-state index in [4.69, 9.17) is 9.52 Å². The van der Waals surface area contributed by atoms with E-state index in [0.717, 1.165) is 12.8 Å². The monoisotopic (exact) mass is 245 g/mol. The molecule has 0 aliphatic heterocycles. The fourth-order valence-corrected chi connectivity index (χ4v) is 2.66. The van der Waals surface area contributed by atoms with E-state index in [2.05, 4.69) is 0 Å². The first-order chi connectivity index (χ1) is 7.54. The first-order valence-electron chi connectivity index (χ1n) is 5.20. The van der Waals surface area contributed by atoms with Crippen LogP contribution in [0.15, 0.2) is 21.6 Å². The minimum absolute atomic E-state index is 0.0975. The molecular weight excluding hydrogens is 230 g/mol. The van der Waals surface area contributed by atoms with Gasteiger partial charge < -0.3 is 9.52 Å². The third-order valence-corrected chi connectivity index (χ3v) is 4.37. The molecule has 0 unspecified atom stereocenters.